The fourth-order valence-electron chi connectivity index (χ4n) is 3.45. The Hall–Kier alpha value is -4.23. The first kappa shape index (κ1) is 25.9. The highest BCUT2D eigenvalue weighted by molar-refractivity contribution is 8.00. The molecule has 1 atom stereocenters. The summed E-state index contributed by atoms with van der Waals surface area (Å²) in [4.78, 5) is 26.1. The average molecular weight is 513 g/mol. The van der Waals surface area contributed by atoms with Crippen LogP contribution < -0.4 is 20.1 Å². The molecule has 7 heteroatoms. The molecule has 1 unspecified atom stereocenters. The highest BCUT2D eigenvalue weighted by atomic mass is 32.2. The fraction of sp³-hybridized carbons (Fsp3) is 0.133. The van der Waals surface area contributed by atoms with Crippen molar-refractivity contribution in [3.8, 4) is 17.2 Å². The molecule has 0 saturated carbocycles. The number of hydrogen-bond acceptors (Lipinski definition) is 5. The van der Waals surface area contributed by atoms with Gasteiger partial charge in [0.2, 0.25) is 5.91 Å². The lowest BCUT2D eigenvalue weighted by molar-refractivity contribution is -0.118. The number of hydrogen-bond donors (Lipinski definition) is 2. The predicted molar refractivity (Wildman–Crippen MR) is 149 cm³/mol. The van der Waals surface area contributed by atoms with Gasteiger partial charge in [-0.05, 0) is 73.2 Å². The first-order valence-electron chi connectivity index (χ1n) is 12.0. The van der Waals surface area contributed by atoms with Crippen LogP contribution in [0.3, 0.4) is 0 Å². The van der Waals surface area contributed by atoms with Crippen LogP contribution in [0.4, 0.5) is 11.4 Å². The zero-order chi connectivity index (χ0) is 25.9. The maximum atomic E-state index is 13.0. The Kier molecular flexibility index (Phi) is 9.21. The van der Waals surface area contributed by atoms with E-state index < -0.39 is 0 Å². The SMILES string of the molecule is CCC(Sc1cccc(NC(=O)COc2ccccc2)c1)C(=O)Nc1ccc(Oc2ccccc2)cc1. The van der Waals surface area contributed by atoms with Crippen LogP contribution in [-0.2, 0) is 9.59 Å². The van der Waals surface area contributed by atoms with Crippen LogP contribution in [0, 0.1) is 0 Å². The topological polar surface area (TPSA) is 76.7 Å². The Morgan fingerprint density at radius 2 is 1.38 bits per heavy atom. The molecule has 4 aromatic rings. The second kappa shape index (κ2) is 13.2. The molecule has 0 radical (unpaired) electrons. The van der Waals surface area contributed by atoms with Crippen molar-refractivity contribution >= 4 is 35.0 Å². The maximum Gasteiger partial charge on any atom is 0.262 e. The Morgan fingerprint density at radius 1 is 0.730 bits per heavy atom. The van der Waals surface area contributed by atoms with Gasteiger partial charge in [0.05, 0.1) is 5.25 Å². The van der Waals surface area contributed by atoms with Gasteiger partial charge in [0, 0.05) is 16.3 Å². The number of carbonyl (C=O) groups excluding carboxylic acids is 2. The molecule has 0 aromatic heterocycles. The summed E-state index contributed by atoms with van der Waals surface area (Å²) >= 11 is 1.45. The standard InChI is InChI=1S/C30H28N2O4S/c1-2-28(30(34)32-22-16-18-26(19-17-22)36-25-13-7-4-8-14-25)37-27-15-9-10-23(20-27)31-29(33)21-35-24-11-5-3-6-12-24/h3-20,28H,2,21H2,1H3,(H,31,33)(H,32,34). The molecule has 4 aromatic carbocycles. The molecule has 2 amide bonds. The van der Waals surface area contributed by atoms with E-state index >= 15 is 0 Å². The summed E-state index contributed by atoms with van der Waals surface area (Å²) in [6.45, 7) is 1.89. The van der Waals surface area contributed by atoms with Crippen molar-refractivity contribution in [2.45, 2.75) is 23.5 Å². The van der Waals surface area contributed by atoms with Crippen LogP contribution in [0.2, 0.25) is 0 Å². The summed E-state index contributed by atoms with van der Waals surface area (Å²) in [7, 11) is 0. The number of anilines is 2. The summed E-state index contributed by atoms with van der Waals surface area (Å²) in [6, 6.07) is 33.5. The molecule has 0 aliphatic rings. The zero-order valence-electron chi connectivity index (χ0n) is 20.4. The lowest BCUT2D eigenvalue weighted by Crippen LogP contribution is -2.24. The van der Waals surface area contributed by atoms with Gasteiger partial charge < -0.3 is 20.1 Å². The average Bonchev–Trinajstić information content (AvgIpc) is 2.93. The Bertz CT molecular complexity index is 1300. The molecule has 0 spiro atoms. The molecule has 0 bridgehead atoms. The van der Waals surface area contributed by atoms with E-state index in [2.05, 4.69) is 10.6 Å². The molecule has 0 saturated heterocycles. The van der Waals surface area contributed by atoms with Crippen molar-refractivity contribution in [2.75, 3.05) is 17.2 Å². The third-order valence-corrected chi connectivity index (χ3v) is 6.63. The fourth-order valence-corrected chi connectivity index (χ4v) is 4.46. The number of rotatable bonds is 11. The van der Waals surface area contributed by atoms with Gasteiger partial charge in [-0.25, -0.2) is 0 Å². The molecule has 188 valence electrons. The lowest BCUT2D eigenvalue weighted by Gasteiger charge is -2.16. The van der Waals surface area contributed by atoms with E-state index in [0.29, 0.717) is 29.3 Å². The third kappa shape index (κ3) is 8.15. The monoisotopic (exact) mass is 512 g/mol. The molecule has 4 rings (SSSR count). The Labute approximate surface area is 221 Å². The third-order valence-electron chi connectivity index (χ3n) is 5.27. The molecule has 6 nitrogen and oxygen atoms in total. The molecule has 37 heavy (non-hydrogen) atoms. The van der Waals surface area contributed by atoms with Crippen molar-refractivity contribution in [1.29, 1.82) is 0 Å². The van der Waals surface area contributed by atoms with Crippen molar-refractivity contribution in [3.63, 3.8) is 0 Å². The second-order valence-electron chi connectivity index (χ2n) is 8.12. The van der Waals surface area contributed by atoms with Gasteiger partial charge in [-0.3, -0.25) is 9.59 Å². The van der Waals surface area contributed by atoms with Crippen LogP contribution in [0.5, 0.6) is 17.2 Å². The van der Waals surface area contributed by atoms with E-state index in [1.807, 2.05) is 104 Å². The summed E-state index contributed by atoms with van der Waals surface area (Å²) in [5.74, 6) is 1.74. The molecule has 0 aliphatic heterocycles. The van der Waals surface area contributed by atoms with Crippen LogP contribution in [0.25, 0.3) is 0 Å². The number of thioether (sulfide) groups is 1. The molecular formula is C30H28N2O4S. The summed E-state index contributed by atoms with van der Waals surface area (Å²) in [5, 5.41) is 5.53. The minimum Gasteiger partial charge on any atom is -0.484 e. The Balaban J connectivity index is 1.29. The van der Waals surface area contributed by atoms with Crippen molar-refractivity contribution < 1.29 is 19.1 Å². The number of benzene rings is 4. The first-order chi connectivity index (χ1) is 18.1. The van der Waals surface area contributed by atoms with E-state index in [-0.39, 0.29) is 23.7 Å². The number of nitrogens with one attached hydrogen (secondary N) is 2. The van der Waals surface area contributed by atoms with Crippen LogP contribution >= 0.6 is 11.8 Å². The largest absolute Gasteiger partial charge is 0.484 e. The van der Waals surface area contributed by atoms with Gasteiger partial charge in [-0.15, -0.1) is 11.8 Å². The molecule has 0 heterocycles. The number of ether oxygens (including phenoxy) is 2. The van der Waals surface area contributed by atoms with Gasteiger partial charge in [0.15, 0.2) is 6.61 Å². The number of amides is 2. The van der Waals surface area contributed by atoms with Gasteiger partial charge in [0.25, 0.3) is 5.91 Å². The quantitative estimate of drug-likeness (QED) is 0.212. The van der Waals surface area contributed by atoms with Crippen molar-refractivity contribution in [2.24, 2.45) is 0 Å². The normalized spacial score (nSPS) is 11.3. The first-order valence-corrected chi connectivity index (χ1v) is 12.9. The van der Waals surface area contributed by atoms with E-state index in [1.165, 1.54) is 11.8 Å². The highest BCUT2D eigenvalue weighted by Crippen LogP contribution is 2.29. The number of carbonyl (C=O) groups is 2. The summed E-state index contributed by atoms with van der Waals surface area (Å²) < 4.78 is 11.3. The molecule has 0 aliphatic carbocycles. The van der Waals surface area contributed by atoms with Gasteiger partial charge in [0.1, 0.15) is 17.2 Å². The van der Waals surface area contributed by atoms with Crippen LogP contribution in [-0.4, -0.2) is 23.7 Å². The predicted octanol–water partition coefficient (Wildman–Crippen LogP) is 7.01. The van der Waals surface area contributed by atoms with Gasteiger partial charge >= 0.3 is 0 Å². The second-order valence-corrected chi connectivity index (χ2v) is 9.40. The van der Waals surface area contributed by atoms with Crippen LogP contribution in [0.1, 0.15) is 13.3 Å². The van der Waals surface area contributed by atoms with Crippen molar-refractivity contribution in [1.82, 2.24) is 0 Å². The van der Waals surface area contributed by atoms with Gasteiger partial charge in [-0.2, -0.15) is 0 Å². The molecule has 0 fully saturated rings. The van der Waals surface area contributed by atoms with Gasteiger partial charge in [-0.1, -0.05) is 49.4 Å². The summed E-state index contributed by atoms with van der Waals surface area (Å²) in [5.41, 5.74) is 1.35. The minimum absolute atomic E-state index is 0.0868. The Morgan fingerprint density at radius 3 is 2.05 bits per heavy atom. The molecule has 2 N–H and O–H groups in total. The minimum atomic E-state index is -0.299. The molecular weight excluding hydrogens is 484 g/mol. The van der Waals surface area contributed by atoms with E-state index in [4.69, 9.17) is 9.47 Å². The van der Waals surface area contributed by atoms with Crippen molar-refractivity contribution in [3.05, 3.63) is 109 Å². The lowest BCUT2D eigenvalue weighted by atomic mass is 10.2. The maximum absolute atomic E-state index is 13.0. The summed E-state index contributed by atoms with van der Waals surface area (Å²) in [6.07, 6.45) is 0.646. The zero-order valence-corrected chi connectivity index (χ0v) is 21.2. The van der Waals surface area contributed by atoms with Crippen LogP contribution in [0.15, 0.2) is 114 Å². The van der Waals surface area contributed by atoms with E-state index in [9.17, 15) is 9.59 Å². The number of para-hydroxylation sites is 2. The van der Waals surface area contributed by atoms with E-state index in [1.54, 1.807) is 12.1 Å². The smallest absolute Gasteiger partial charge is 0.262 e. The van der Waals surface area contributed by atoms with E-state index in [0.717, 1.165) is 10.6 Å². The highest BCUT2D eigenvalue weighted by Gasteiger charge is 2.18.